The molecule has 0 saturated heterocycles. The molecule has 1 N–H and O–H groups in total. The summed E-state index contributed by atoms with van der Waals surface area (Å²) in [4.78, 5) is 0. The quantitative estimate of drug-likeness (QED) is 0.881. The molecule has 1 aliphatic carbocycles. The van der Waals surface area contributed by atoms with Crippen molar-refractivity contribution in [1.82, 2.24) is 5.32 Å². The van der Waals surface area contributed by atoms with Gasteiger partial charge in [-0.1, -0.05) is 41.4 Å². The Morgan fingerprint density at radius 1 is 1.25 bits per heavy atom. The highest BCUT2D eigenvalue weighted by Crippen LogP contribution is 2.29. The zero-order valence-electron chi connectivity index (χ0n) is 9.88. The van der Waals surface area contributed by atoms with Crippen LogP contribution in [0.3, 0.4) is 0 Å². The molecule has 1 nitrogen and oxygen atoms in total. The van der Waals surface area contributed by atoms with Gasteiger partial charge >= 0.3 is 0 Å². The van der Waals surface area contributed by atoms with Crippen LogP contribution in [0.1, 0.15) is 31.7 Å². The molecule has 0 amide bonds. The van der Waals surface area contributed by atoms with Crippen molar-refractivity contribution in [2.24, 2.45) is 11.8 Å². The molecule has 1 aliphatic rings. The molecule has 0 aromatic heterocycles. The van der Waals surface area contributed by atoms with Crippen LogP contribution in [0.25, 0.3) is 0 Å². The van der Waals surface area contributed by atoms with E-state index in [0.29, 0.717) is 0 Å². The van der Waals surface area contributed by atoms with Gasteiger partial charge in [0.1, 0.15) is 0 Å². The second-order valence-electron chi connectivity index (χ2n) is 5.04. The minimum absolute atomic E-state index is 0.908. The Bertz CT molecular complexity index is 320. The second-order valence-corrected chi connectivity index (χ2v) is 5.96. The van der Waals surface area contributed by atoms with E-state index >= 15 is 0 Å². The lowest BCUT2D eigenvalue weighted by atomic mass is 10.1. The van der Waals surface area contributed by atoms with Crippen LogP contribution in [0.4, 0.5) is 0 Å². The van der Waals surface area contributed by atoms with Crippen molar-refractivity contribution in [1.29, 1.82) is 0 Å². The SMILES string of the molecule is CC1CCC(CNCc2ccc(Br)cc2)C1. The van der Waals surface area contributed by atoms with Crippen LogP contribution in [0.2, 0.25) is 0 Å². The molecular formula is C14H20BrN. The molecule has 16 heavy (non-hydrogen) atoms. The first kappa shape index (κ1) is 12.1. The van der Waals surface area contributed by atoms with Crippen LogP contribution in [0.15, 0.2) is 28.7 Å². The van der Waals surface area contributed by atoms with Gasteiger partial charge in [0.2, 0.25) is 0 Å². The average molecular weight is 282 g/mol. The third kappa shape index (κ3) is 3.60. The van der Waals surface area contributed by atoms with E-state index in [4.69, 9.17) is 0 Å². The lowest BCUT2D eigenvalue weighted by molar-refractivity contribution is 0.470. The summed E-state index contributed by atoms with van der Waals surface area (Å²) in [7, 11) is 0. The van der Waals surface area contributed by atoms with E-state index in [-0.39, 0.29) is 0 Å². The van der Waals surface area contributed by atoms with Crippen LogP contribution in [-0.4, -0.2) is 6.54 Å². The van der Waals surface area contributed by atoms with Crippen LogP contribution < -0.4 is 5.32 Å². The number of nitrogens with one attached hydrogen (secondary N) is 1. The third-order valence-corrected chi connectivity index (χ3v) is 4.01. The van der Waals surface area contributed by atoms with Gasteiger partial charge in [0.05, 0.1) is 0 Å². The molecule has 0 aliphatic heterocycles. The van der Waals surface area contributed by atoms with E-state index in [1.165, 1.54) is 31.4 Å². The Labute approximate surface area is 107 Å². The Morgan fingerprint density at radius 2 is 2.00 bits per heavy atom. The molecule has 0 heterocycles. The highest BCUT2D eigenvalue weighted by Gasteiger charge is 2.20. The fourth-order valence-corrected chi connectivity index (χ4v) is 2.80. The molecular weight excluding hydrogens is 262 g/mol. The van der Waals surface area contributed by atoms with Crippen molar-refractivity contribution in [3.8, 4) is 0 Å². The largest absolute Gasteiger partial charge is 0.312 e. The molecule has 0 bridgehead atoms. The summed E-state index contributed by atoms with van der Waals surface area (Å²) >= 11 is 3.45. The fourth-order valence-electron chi connectivity index (χ4n) is 2.53. The number of rotatable bonds is 4. The highest BCUT2D eigenvalue weighted by atomic mass is 79.9. The van der Waals surface area contributed by atoms with Gasteiger partial charge in [0, 0.05) is 11.0 Å². The number of hydrogen-bond acceptors (Lipinski definition) is 1. The van der Waals surface area contributed by atoms with Crippen molar-refractivity contribution in [2.45, 2.75) is 32.7 Å². The molecule has 1 aromatic rings. The van der Waals surface area contributed by atoms with Gasteiger partial charge in [0.25, 0.3) is 0 Å². The van der Waals surface area contributed by atoms with E-state index in [1.54, 1.807) is 0 Å². The maximum atomic E-state index is 3.57. The van der Waals surface area contributed by atoms with Gasteiger partial charge in [-0.05, 0) is 48.9 Å². The first-order chi connectivity index (χ1) is 7.74. The van der Waals surface area contributed by atoms with E-state index in [9.17, 15) is 0 Å². The summed E-state index contributed by atoms with van der Waals surface area (Å²) in [6.07, 6.45) is 4.24. The second kappa shape index (κ2) is 5.83. The highest BCUT2D eigenvalue weighted by molar-refractivity contribution is 9.10. The van der Waals surface area contributed by atoms with Gasteiger partial charge in [-0.2, -0.15) is 0 Å². The van der Waals surface area contributed by atoms with Crippen molar-refractivity contribution in [2.75, 3.05) is 6.54 Å². The smallest absolute Gasteiger partial charge is 0.0205 e. The number of hydrogen-bond donors (Lipinski definition) is 1. The zero-order chi connectivity index (χ0) is 11.4. The molecule has 2 unspecified atom stereocenters. The van der Waals surface area contributed by atoms with Gasteiger partial charge in [-0.3, -0.25) is 0 Å². The lowest BCUT2D eigenvalue weighted by Crippen LogP contribution is -2.20. The predicted molar refractivity (Wildman–Crippen MR) is 72.4 cm³/mol. The van der Waals surface area contributed by atoms with Gasteiger partial charge in [-0.15, -0.1) is 0 Å². The standard InChI is InChI=1S/C14H20BrN/c1-11-2-3-13(8-11)10-16-9-12-4-6-14(15)7-5-12/h4-7,11,13,16H,2-3,8-10H2,1H3. The van der Waals surface area contributed by atoms with Crippen LogP contribution in [0.5, 0.6) is 0 Å². The lowest BCUT2D eigenvalue weighted by Gasteiger charge is -2.11. The average Bonchev–Trinajstić information content (AvgIpc) is 2.67. The van der Waals surface area contributed by atoms with Crippen LogP contribution in [0, 0.1) is 11.8 Å². The monoisotopic (exact) mass is 281 g/mol. The first-order valence-corrected chi connectivity index (χ1v) is 6.98. The number of benzene rings is 1. The van der Waals surface area contributed by atoms with Crippen molar-refractivity contribution >= 4 is 15.9 Å². The molecule has 0 spiro atoms. The Hall–Kier alpha value is -0.340. The topological polar surface area (TPSA) is 12.0 Å². The Kier molecular flexibility index (Phi) is 4.42. The summed E-state index contributed by atoms with van der Waals surface area (Å²) in [5, 5.41) is 3.57. The van der Waals surface area contributed by atoms with E-state index in [2.05, 4.69) is 52.4 Å². The Morgan fingerprint density at radius 3 is 2.62 bits per heavy atom. The molecule has 2 atom stereocenters. The summed E-state index contributed by atoms with van der Waals surface area (Å²) < 4.78 is 1.15. The molecule has 1 saturated carbocycles. The van der Waals surface area contributed by atoms with Gasteiger partial charge in [-0.25, -0.2) is 0 Å². The normalized spacial score (nSPS) is 24.9. The molecule has 2 rings (SSSR count). The maximum Gasteiger partial charge on any atom is 0.0205 e. The van der Waals surface area contributed by atoms with E-state index in [0.717, 1.165) is 22.9 Å². The van der Waals surface area contributed by atoms with Crippen molar-refractivity contribution in [3.63, 3.8) is 0 Å². The van der Waals surface area contributed by atoms with Crippen molar-refractivity contribution < 1.29 is 0 Å². The molecule has 88 valence electrons. The van der Waals surface area contributed by atoms with E-state index < -0.39 is 0 Å². The fraction of sp³-hybridized carbons (Fsp3) is 0.571. The molecule has 1 aromatic carbocycles. The Balaban J connectivity index is 1.70. The van der Waals surface area contributed by atoms with Gasteiger partial charge in [0.15, 0.2) is 0 Å². The minimum atomic E-state index is 0.908. The summed E-state index contributed by atoms with van der Waals surface area (Å²) in [6.45, 7) is 4.55. The zero-order valence-corrected chi connectivity index (χ0v) is 11.5. The summed E-state index contributed by atoms with van der Waals surface area (Å²) in [5.74, 6) is 1.85. The molecule has 1 fully saturated rings. The van der Waals surface area contributed by atoms with Crippen molar-refractivity contribution in [3.05, 3.63) is 34.3 Å². The first-order valence-electron chi connectivity index (χ1n) is 6.19. The van der Waals surface area contributed by atoms with Crippen LogP contribution >= 0.6 is 15.9 Å². The minimum Gasteiger partial charge on any atom is -0.312 e. The number of halogens is 1. The van der Waals surface area contributed by atoms with E-state index in [1.807, 2.05) is 0 Å². The summed E-state index contributed by atoms with van der Waals surface area (Å²) in [5.41, 5.74) is 1.37. The third-order valence-electron chi connectivity index (χ3n) is 3.48. The maximum absolute atomic E-state index is 3.57. The summed E-state index contributed by atoms with van der Waals surface area (Å²) in [6, 6.07) is 8.56. The molecule has 0 radical (unpaired) electrons. The van der Waals surface area contributed by atoms with Gasteiger partial charge < -0.3 is 5.32 Å². The van der Waals surface area contributed by atoms with Crippen LogP contribution in [-0.2, 0) is 6.54 Å². The molecule has 2 heteroatoms. The predicted octanol–water partition coefficient (Wildman–Crippen LogP) is 3.97.